The second-order valence-corrected chi connectivity index (χ2v) is 6.45. The smallest absolute Gasteiger partial charge is 0.193 e. The monoisotopic (exact) mass is 497 g/mol. The maximum absolute atomic E-state index is 5.62. The van der Waals surface area contributed by atoms with Crippen molar-refractivity contribution in [2.24, 2.45) is 4.99 Å². The van der Waals surface area contributed by atoms with Gasteiger partial charge in [-0.2, -0.15) is 0 Å². The Kier molecular flexibility index (Phi) is 13.3. The van der Waals surface area contributed by atoms with Crippen molar-refractivity contribution in [3.63, 3.8) is 0 Å². The molecule has 0 saturated carbocycles. The molecule has 2 rings (SSSR count). The summed E-state index contributed by atoms with van der Waals surface area (Å²) in [6, 6.07) is 20.4. The first-order chi connectivity index (χ1) is 13.3. The molecule has 0 heterocycles. The average molecular weight is 497 g/mol. The van der Waals surface area contributed by atoms with Gasteiger partial charge in [0.2, 0.25) is 0 Å². The average Bonchev–Trinajstić information content (AvgIpc) is 2.70. The van der Waals surface area contributed by atoms with Crippen molar-refractivity contribution in [1.82, 2.24) is 10.2 Å². The van der Waals surface area contributed by atoms with Crippen LogP contribution in [0.15, 0.2) is 65.7 Å². The molecule has 0 aliphatic heterocycles. The molecule has 0 saturated heterocycles. The molecule has 0 aromatic heterocycles. The number of benzene rings is 2. The number of hydrogen-bond acceptors (Lipinski definition) is 3. The third kappa shape index (κ3) is 10.6. The maximum atomic E-state index is 5.62. The molecule has 0 amide bonds. The molecule has 0 spiro atoms. The SMILES string of the molecule is CN(C)C(=NCc1ccccc1)NCCCOCCOCc1ccccc1.I. The second kappa shape index (κ2) is 15.3. The van der Waals surface area contributed by atoms with Gasteiger partial charge in [-0.3, -0.25) is 0 Å². The normalized spacial score (nSPS) is 11.0. The minimum Gasteiger partial charge on any atom is -0.379 e. The van der Waals surface area contributed by atoms with Gasteiger partial charge in [0.15, 0.2) is 5.96 Å². The zero-order chi connectivity index (χ0) is 19.2. The van der Waals surface area contributed by atoms with E-state index in [1.165, 1.54) is 11.1 Å². The molecular weight excluding hydrogens is 465 g/mol. The highest BCUT2D eigenvalue weighted by molar-refractivity contribution is 14.0. The molecule has 0 fully saturated rings. The van der Waals surface area contributed by atoms with Gasteiger partial charge in [-0.1, -0.05) is 60.7 Å². The van der Waals surface area contributed by atoms with Crippen LogP contribution in [0, 0.1) is 0 Å². The molecule has 2 aromatic rings. The molecule has 2 aromatic carbocycles. The van der Waals surface area contributed by atoms with Crippen LogP contribution in [0.3, 0.4) is 0 Å². The van der Waals surface area contributed by atoms with Crippen LogP contribution in [0.2, 0.25) is 0 Å². The topological polar surface area (TPSA) is 46.1 Å². The van der Waals surface area contributed by atoms with Gasteiger partial charge in [-0.05, 0) is 17.5 Å². The molecule has 0 aliphatic rings. The summed E-state index contributed by atoms with van der Waals surface area (Å²) in [5.41, 5.74) is 2.39. The van der Waals surface area contributed by atoms with E-state index >= 15 is 0 Å². The van der Waals surface area contributed by atoms with Crippen molar-refractivity contribution in [3.8, 4) is 0 Å². The Morgan fingerprint density at radius 2 is 1.46 bits per heavy atom. The van der Waals surface area contributed by atoms with Crippen LogP contribution >= 0.6 is 24.0 Å². The van der Waals surface area contributed by atoms with Crippen molar-refractivity contribution >= 4 is 29.9 Å². The lowest BCUT2D eigenvalue weighted by atomic mass is 10.2. The van der Waals surface area contributed by atoms with Crippen molar-refractivity contribution in [3.05, 3.63) is 71.8 Å². The number of ether oxygens (including phenoxy) is 2. The minimum absolute atomic E-state index is 0. The summed E-state index contributed by atoms with van der Waals surface area (Å²) in [6.07, 6.45) is 0.927. The number of hydrogen-bond donors (Lipinski definition) is 1. The number of halogens is 1. The van der Waals surface area contributed by atoms with E-state index in [9.17, 15) is 0 Å². The second-order valence-electron chi connectivity index (χ2n) is 6.45. The summed E-state index contributed by atoms with van der Waals surface area (Å²) in [4.78, 5) is 6.65. The largest absolute Gasteiger partial charge is 0.379 e. The number of rotatable bonds is 11. The fraction of sp³-hybridized carbons (Fsp3) is 0.409. The highest BCUT2D eigenvalue weighted by Gasteiger charge is 2.01. The van der Waals surface area contributed by atoms with E-state index in [2.05, 4.69) is 34.6 Å². The van der Waals surface area contributed by atoms with Gasteiger partial charge in [-0.15, -0.1) is 24.0 Å². The predicted octanol–water partition coefficient (Wildman–Crippen LogP) is 3.94. The van der Waals surface area contributed by atoms with E-state index in [-0.39, 0.29) is 24.0 Å². The predicted molar refractivity (Wildman–Crippen MR) is 126 cm³/mol. The van der Waals surface area contributed by atoms with Gasteiger partial charge in [0, 0.05) is 27.2 Å². The van der Waals surface area contributed by atoms with Gasteiger partial charge in [0.25, 0.3) is 0 Å². The van der Waals surface area contributed by atoms with Gasteiger partial charge >= 0.3 is 0 Å². The fourth-order valence-corrected chi connectivity index (χ4v) is 2.46. The van der Waals surface area contributed by atoms with E-state index < -0.39 is 0 Å². The lowest BCUT2D eigenvalue weighted by Crippen LogP contribution is -2.37. The summed E-state index contributed by atoms with van der Waals surface area (Å²) in [5, 5.41) is 3.38. The van der Waals surface area contributed by atoms with E-state index in [0.29, 0.717) is 33.0 Å². The first-order valence-electron chi connectivity index (χ1n) is 9.44. The molecule has 0 radical (unpaired) electrons. The Bertz CT molecular complexity index is 651. The molecule has 154 valence electrons. The Hall–Kier alpha value is -1.64. The lowest BCUT2D eigenvalue weighted by Gasteiger charge is -2.17. The standard InChI is InChI=1S/C22H31N3O2.HI/c1-25(2)22(24-18-20-10-5-3-6-11-20)23-14-9-15-26-16-17-27-19-21-12-7-4-8-13-21;/h3-8,10-13H,9,14-19H2,1-2H3,(H,23,24);1H. The van der Waals surface area contributed by atoms with Crippen LogP contribution in [0.4, 0.5) is 0 Å². The molecule has 0 unspecified atom stereocenters. The van der Waals surface area contributed by atoms with Crippen molar-refractivity contribution < 1.29 is 9.47 Å². The van der Waals surface area contributed by atoms with Crippen molar-refractivity contribution in [1.29, 1.82) is 0 Å². The zero-order valence-corrected chi connectivity index (χ0v) is 19.2. The Morgan fingerprint density at radius 1 is 0.857 bits per heavy atom. The molecule has 0 atom stereocenters. The lowest BCUT2D eigenvalue weighted by molar-refractivity contribution is 0.0401. The van der Waals surface area contributed by atoms with Crippen LogP contribution in [0.25, 0.3) is 0 Å². The van der Waals surface area contributed by atoms with Gasteiger partial charge in [0.1, 0.15) is 0 Å². The zero-order valence-electron chi connectivity index (χ0n) is 16.8. The van der Waals surface area contributed by atoms with E-state index in [4.69, 9.17) is 9.47 Å². The van der Waals surface area contributed by atoms with Crippen LogP contribution in [-0.2, 0) is 22.6 Å². The summed E-state index contributed by atoms with van der Waals surface area (Å²) >= 11 is 0. The molecule has 0 bridgehead atoms. The quantitative estimate of drug-likeness (QED) is 0.221. The van der Waals surface area contributed by atoms with Gasteiger partial charge in [-0.25, -0.2) is 4.99 Å². The number of guanidine groups is 1. The Labute approximate surface area is 186 Å². The first kappa shape index (κ1) is 24.4. The summed E-state index contributed by atoms with van der Waals surface area (Å²) in [5.74, 6) is 0.894. The van der Waals surface area contributed by atoms with Crippen LogP contribution in [0.5, 0.6) is 0 Å². The van der Waals surface area contributed by atoms with Crippen LogP contribution < -0.4 is 5.32 Å². The molecule has 5 nitrogen and oxygen atoms in total. The highest BCUT2D eigenvalue weighted by Crippen LogP contribution is 2.01. The van der Waals surface area contributed by atoms with Crippen LogP contribution in [0.1, 0.15) is 17.5 Å². The van der Waals surface area contributed by atoms with Gasteiger partial charge < -0.3 is 19.7 Å². The molecular formula is C22H32IN3O2. The number of aliphatic imine (C=N–C) groups is 1. The molecule has 6 heteroatoms. The van der Waals surface area contributed by atoms with Crippen molar-refractivity contribution in [2.45, 2.75) is 19.6 Å². The van der Waals surface area contributed by atoms with E-state index in [1.54, 1.807) is 0 Å². The summed E-state index contributed by atoms with van der Waals surface area (Å²) in [6.45, 7) is 4.09. The molecule has 1 N–H and O–H groups in total. The van der Waals surface area contributed by atoms with E-state index in [1.807, 2.05) is 55.4 Å². The summed E-state index contributed by atoms with van der Waals surface area (Å²) in [7, 11) is 3.99. The third-order valence-corrected chi connectivity index (χ3v) is 3.91. The highest BCUT2D eigenvalue weighted by atomic mass is 127. The number of nitrogens with one attached hydrogen (secondary N) is 1. The maximum Gasteiger partial charge on any atom is 0.193 e. The minimum atomic E-state index is 0. The Balaban J connectivity index is 0.00000392. The third-order valence-electron chi connectivity index (χ3n) is 3.91. The Morgan fingerprint density at radius 3 is 2.11 bits per heavy atom. The van der Waals surface area contributed by atoms with Crippen molar-refractivity contribution in [2.75, 3.05) is 40.5 Å². The number of nitrogens with zero attached hydrogens (tertiary/aromatic N) is 2. The summed E-state index contributed by atoms with van der Waals surface area (Å²) < 4.78 is 11.2. The molecule has 28 heavy (non-hydrogen) atoms. The molecule has 0 aliphatic carbocycles. The first-order valence-corrected chi connectivity index (χ1v) is 9.44. The van der Waals surface area contributed by atoms with Gasteiger partial charge in [0.05, 0.1) is 26.4 Å². The van der Waals surface area contributed by atoms with E-state index in [0.717, 1.165) is 18.9 Å². The fourth-order valence-electron chi connectivity index (χ4n) is 2.46. The van der Waals surface area contributed by atoms with Crippen LogP contribution in [-0.4, -0.2) is 51.3 Å².